The van der Waals surface area contributed by atoms with Gasteiger partial charge in [0.2, 0.25) is 0 Å². The van der Waals surface area contributed by atoms with E-state index in [1.165, 1.54) is 12.2 Å². The SMILES string of the molecule is OCC=CC(O)Cl. The maximum atomic E-state index is 8.25. The summed E-state index contributed by atoms with van der Waals surface area (Å²) in [7, 11) is 0. The van der Waals surface area contributed by atoms with Gasteiger partial charge in [-0.3, -0.25) is 0 Å². The van der Waals surface area contributed by atoms with Gasteiger partial charge in [0.05, 0.1) is 6.61 Å². The van der Waals surface area contributed by atoms with Crippen LogP contribution < -0.4 is 0 Å². The number of hydrogen-bond acceptors (Lipinski definition) is 2. The van der Waals surface area contributed by atoms with Crippen LogP contribution >= 0.6 is 11.6 Å². The zero-order valence-electron chi connectivity index (χ0n) is 3.71. The number of aliphatic hydroxyl groups excluding tert-OH is 2. The first-order chi connectivity index (χ1) is 3.27. The molecule has 1 unspecified atom stereocenters. The van der Waals surface area contributed by atoms with E-state index in [1.54, 1.807) is 0 Å². The third-order valence-corrected chi connectivity index (χ3v) is 0.546. The lowest BCUT2D eigenvalue weighted by molar-refractivity contribution is 0.298. The van der Waals surface area contributed by atoms with Gasteiger partial charge in [-0.1, -0.05) is 17.7 Å². The largest absolute Gasteiger partial charge is 0.392 e. The van der Waals surface area contributed by atoms with E-state index in [9.17, 15) is 0 Å². The number of halogens is 1. The van der Waals surface area contributed by atoms with Crippen LogP contribution in [0.2, 0.25) is 0 Å². The van der Waals surface area contributed by atoms with Crippen molar-refractivity contribution in [2.45, 2.75) is 5.56 Å². The molecule has 0 spiro atoms. The highest BCUT2D eigenvalue weighted by atomic mass is 35.5. The molecular weight excluding hydrogens is 115 g/mol. The third-order valence-electron chi connectivity index (χ3n) is 0.400. The average molecular weight is 123 g/mol. The molecule has 0 aromatic rings. The summed E-state index contributed by atoms with van der Waals surface area (Å²) >= 11 is 5.01. The maximum absolute atomic E-state index is 8.25. The van der Waals surface area contributed by atoms with Gasteiger partial charge >= 0.3 is 0 Å². The van der Waals surface area contributed by atoms with E-state index in [2.05, 4.69) is 0 Å². The lowest BCUT2D eigenvalue weighted by Crippen LogP contribution is -1.87. The summed E-state index contributed by atoms with van der Waals surface area (Å²) in [4.78, 5) is 0. The van der Waals surface area contributed by atoms with E-state index in [0.29, 0.717) is 0 Å². The fraction of sp³-hybridized carbons (Fsp3) is 0.500. The molecule has 0 amide bonds. The second-order valence-electron chi connectivity index (χ2n) is 0.983. The monoisotopic (exact) mass is 122 g/mol. The van der Waals surface area contributed by atoms with Crippen molar-refractivity contribution < 1.29 is 10.2 Å². The zero-order chi connectivity index (χ0) is 5.70. The van der Waals surface area contributed by atoms with Gasteiger partial charge in [0.1, 0.15) is 5.56 Å². The van der Waals surface area contributed by atoms with E-state index in [-0.39, 0.29) is 6.61 Å². The molecule has 7 heavy (non-hydrogen) atoms. The summed E-state index contributed by atoms with van der Waals surface area (Å²) in [5.74, 6) is 0. The van der Waals surface area contributed by atoms with Gasteiger partial charge < -0.3 is 10.2 Å². The number of alkyl halides is 1. The van der Waals surface area contributed by atoms with Crippen molar-refractivity contribution >= 4 is 11.6 Å². The third kappa shape index (κ3) is 5.95. The van der Waals surface area contributed by atoms with Crippen LogP contribution in [-0.2, 0) is 0 Å². The maximum Gasteiger partial charge on any atom is 0.146 e. The number of rotatable bonds is 2. The molecule has 3 heteroatoms. The molecule has 0 saturated heterocycles. The average Bonchev–Trinajstić information content (AvgIpc) is 1.61. The highest BCUT2D eigenvalue weighted by Gasteiger charge is 1.83. The molecule has 0 saturated carbocycles. The highest BCUT2D eigenvalue weighted by molar-refractivity contribution is 6.20. The summed E-state index contributed by atoms with van der Waals surface area (Å²) in [5, 5.41) is 16.3. The normalized spacial score (nSPS) is 15.3. The van der Waals surface area contributed by atoms with Crippen molar-refractivity contribution in [2.24, 2.45) is 0 Å². The lowest BCUT2D eigenvalue weighted by atomic mass is 10.5. The molecule has 42 valence electrons. The van der Waals surface area contributed by atoms with Crippen LogP contribution in [0.4, 0.5) is 0 Å². The fourth-order valence-corrected chi connectivity index (χ4v) is 0.276. The van der Waals surface area contributed by atoms with E-state index in [1.807, 2.05) is 0 Å². The van der Waals surface area contributed by atoms with Gasteiger partial charge in [0.15, 0.2) is 0 Å². The van der Waals surface area contributed by atoms with Crippen LogP contribution in [0, 0.1) is 0 Å². The smallest absolute Gasteiger partial charge is 0.146 e. The summed E-state index contributed by atoms with van der Waals surface area (Å²) in [6.45, 7) is -0.0796. The van der Waals surface area contributed by atoms with Gasteiger partial charge in [0, 0.05) is 0 Å². The Bertz CT molecular complexity index is 60.7. The molecule has 2 N–H and O–H groups in total. The molecule has 0 aliphatic heterocycles. The molecule has 0 rings (SSSR count). The molecule has 0 aromatic carbocycles. The zero-order valence-corrected chi connectivity index (χ0v) is 4.47. The van der Waals surface area contributed by atoms with Gasteiger partial charge in [-0.15, -0.1) is 0 Å². The number of aliphatic hydroxyl groups is 2. The Morgan fingerprint density at radius 3 is 2.43 bits per heavy atom. The molecule has 0 aromatic heterocycles. The summed E-state index contributed by atoms with van der Waals surface area (Å²) in [6.07, 6.45) is 2.67. The first-order valence-corrected chi connectivity index (χ1v) is 2.30. The van der Waals surface area contributed by atoms with Crippen molar-refractivity contribution in [3.05, 3.63) is 12.2 Å². The van der Waals surface area contributed by atoms with Crippen LogP contribution in [0.25, 0.3) is 0 Å². The van der Waals surface area contributed by atoms with Crippen LogP contribution in [0.5, 0.6) is 0 Å². The van der Waals surface area contributed by atoms with Crippen LogP contribution in [0.3, 0.4) is 0 Å². The van der Waals surface area contributed by atoms with Crippen LogP contribution in [-0.4, -0.2) is 22.4 Å². The minimum atomic E-state index is -0.966. The van der Waals surface area contributed by atoms with Crippen molar-refractivity contribution in [1.29, 1.82) is 0 Å². The first-order valence-electron chi connectivity index (χ1n) is 1.87. The van der Waals surface area contributed by atoms with Crippen molar-refractivity contribution in [3.63, 3.8) is 0 Å². The van der Waals surface area contributed by atoms with Gasteiger partial charge in [-0.25, -0.2) is 0 Å². The predicted octanol–water partition coefficient (Wildman–Crippen LogP) is 0.0921. The molecule has 0 fully saturated rings. The molecule has 0 aliphatic rings. The second kappa shape index (κ2) is 4.12. The standard InChI is InChI=1S/C4H7ClO2/c5-4(7)2-1-3-6/h1-2,4,6-7H,3H2. The molecule has 0 bridgehead atoms. The first kappa shape index (κ1) is 6.95. The quantitative estimate of drug-likeness (QED) is 0.403. The van der Waals surface area contributed by atoms with Crippen molar-refractivity contribution in [1.82, 2.24) is 0 Å². The van der Waals surface area contributed by atoms with E-state index < -0.39 is 5.56 Å². The lowest BCUT2D eigenvalue weighted by Gasteiger charge is -1.86. The topological polar surface area (TPSA) is 40.5 Å². The Kier molecular flexibility index (Phi) is 4.09. The Labute approximate surface area is 47.0 Å². The van der Waals surface area contributed by atoms with Crippen LogP contribution in [0.1, 0.15) is 0 Å². The Morgan fingerprint density at radius 2 is 2.29 bits per heavy atom. The molecule has 0 aliphatic carbocycles. The summed E-state index contributed by atoms with van der Waals surface area (Å²) in [6, 6.07) is 0. The van der Waals surface area contributed by atoms with Crippen molar-refractivity contribution in [2.75, 3.05) is 6.61 Å². The van der Waals surface area contributed by atoms with E-state index >= 15 is 0 Å². The molecule has 1 atom stereocenters. The summed E-state index contributed by atoms with van der Waals surface area (Å²) in [5.41, 5.74) is -0.966. The molecule has 0 heterocycles. The minimum Gasteiger partial charge on any atom is -0.392 e. The van der Waals surface area contributed by atoms with Gasteiger partial charge in [0.25, 0.3) is 0 Å². The van der Waals surface area contributed by atoms with E-state index in [0.717, 1.165) is 0 Å². The fourth-order valence-electron chi connectivity index (χ4n) is 0.173. The Hall–Kier alpha value is -0.0500. The molecule has 2 nitrogen and oxygen atoms in total. The number of hydrogen-bond donors (Lipinski definition) is 2. The molecule has 0 radical (unpaired) electrons. The Morgan fingerprint density at radius 1 is 1.71 bits per heavy atom. The van der Waals surface area contributed by atoms with E-state index in [4.69, 9.17) is 21.8 Å². The molecular formula is C4H7ClO2. The van der Waals surface area contributed by atoms with Crippen LogP contribution in [0.15, 0.2) is 12.2 Å². The highest BCUT2D eigenvalue weighted by Crippen LogP contribution is 1.88. The van der Waals surface area contributed by atoms with Gasteiger partial charge in [-0.05, 0) is 6.08 Å². The minimum absolute atomic E-state index is 0.0796. The Balaban J connectivity index is 3.08. The van der Waals surface area contributed by atoms with Crippen molar-refractivity contribution in [3.8, 4) is 0 Å². The second-order valence-corrected chi connectivity index (χ2v) is 1.43. The predicted molar refractivity (Wildman–Crippen MR) is 28.1 cm³/mol. The summed E-state index contributed by atoms with van der Waals surface area (Å²) < 4.78 is 0. The van der Waals surface area contributed by atoms with Gasteiger partial charge in [-0.2, -0.15) is 0 Å².